The van der Waals surface area contributed by atoms with E-state index in [0.717, 1.165) is 37.9 Å². The van der Waals surface area contributed by atoms with Gasteiger partial charge in [0.1, 0.15) is 5.82 Å². The molecule has 1 heterocycles. The van der Waals surface area contributed by atoms with Crippen molar-refractivity contribution in [2.45, 2.75) is 69.0 Å². The Balaban J connectivity index is 1.29. The van der Waals surface area contributed by atoms with Gasteiger partial charge in [-0.05, 0) is 30.9 Å². The molecule has 0 spiro atoms. The lowest BCUT2D eigenvalue weighted by molar-refractivity contribution is -0.113. The van der Waals surface area contributed by atoms with Crippen LogP contribution in [0, 0.1) is 5.92 Å². The lowest BCUT2D eigenvalue weighted by Crippen LogP contribution is -2.33. The molecule has 8 heteroatoms. The fourth-order valence-electron chi connectivity index (χ4n) is 4.36. The molecule has 2 aliphatic carbocycles. The summed E-state index contributed by atoms with van der Waals surface area (Å²) in [5.41, 5.74) is 1.04. The third-order valence-corrected chi connectivity index (χ3v) is 6.78. The number of carbonyl (C=O) groups is 2. The van der Waals surface area contributed by atoms with Crippen molar-refractivity contribution in [1.82, 2.24) is 20.5 Å². The van der Waals surface area contributed by atoms with Crippen LogP contribution in [0.5, 0.6) is 0 Å². The van der Waals surface area contributed by atoms with Crippen LogP contribution in [0.25, 0.3) is 0 Å². The van der Waals surface area contributed by atoms with Crippen LogP contribution in [0.1, 0.15) is 67.5 Å². The van der Waals surface area contributed by atoms with E-state index in [1.165, 1.54) is 37.4 Å². The summed E-state index contributed by atoms with van der Waals surface area (Å²) in [5, 5.41) is 13.8. The van der Waals surface area contributed by atoms with Crippen molar-refractivity contribution in [2.75, 3.05) is 11.1 Å². The molecule has 0 bridgehead atoms. The summed E-state index contributed by atoms with van der Waals surface area (Å²) in [6.45, 7) is 0. The van der Waals surface area contributed by atoms with Crippen molar-refractivity contribution >= 4 is 29.3 Å². The zero-order valence-electron chi connectivity index (χ0n) is 17.2. The number of H-pyrrole nitrogens is 1. The summed E-state index contributed by atoms with van der Waals surface area (Å²) in [7, 11) is 0. The smallest absolute Gasteiger partial charge is 0.253 e. The molecule has 1 aromatic carbocycles. The highest BCUT2D eigenvalue weighted by atomic mass is 32.2. The predicted molar refractivity (Wildman–Crippen MR) is 118 cm³/mol. The lowest BCUT2D eigenvalue weighted by Gasteiger charge is -2.14. The fraction of sp³-hybridized carbons (Fsp3) is 0.545. The van der Waals surface area contributed by atoms with Crippen LogP contribution >= 0.6 is 11.8 Å². The molecule has 4 rings (SSSR count). The highest BCUT2D eigenvalue weighted by Crippen LogP contribution is 2.27. The van der Waals surface area contributed by atoms with Crippen molar-refractivity contribution in [3.8, 4) is 0 Å². The van der Waals surface area contributed by atoms with E-state index in [2.05, 4.69) is 25.8 Å². The van der Waals surface area contributed by atoms with E-state index in [1.54, 1.807) is 12.1 Å². The first kappa shape index (κ1) is 20.9. The van der Waals surface area contributed by atoms with Crippen LogP contribution in [0.15, 0.2) is 29.4 Å². The van der Waals surface area contributed by atoms with E-state index in [1.807, 2.05) is 12.1 Å². The zero-order valence-corrected chi connectivity index (χ0v) is 18.0. The van der Waals surface area contributed by atoms with Gasteiger partial charge in [0.15, 0.2) is 0 Å². The van der Waals surface area contributed by atoms with E-state index in [0.29, 0.717) is 22.3 Å². The van der Waals surface area contributed by atoms with Gasteiger partial charge in [0.2, 0.25) is 11.1 Å². The second kappa shape index (κ2) is 10.1. The van der Waals surface area contributed by atoms with Crippen molar-refractivity contribution in [2.24, 2.45) is 5.92 Å². The maximum absolute atomic E-state index is 12.6. The minimum Gasteiger partial charge on any atom is -0.349 e. The van der Waals surface area contributed by atoms with Gasteiger partial charge in [-0.1, -0.05) is 62.4 Å². The minimum atomic E-state index is -0.178. The van der Waals surface area contributed by atoms with Crippen LogP contribution in [-0.4, -0.2) is 38.8 Å². The normalized spacial score (nSPS) is 17.3. The fourth-order valence-corrected chi connectivity index (χ4v) is 4.98. The number of carbonyl (C=O) groups excluding carboxylic acids is 2. The summed E-state index contributed by atoms with van der Waals surface area (Å²) in [6.07, 6.45) is 10.4. The lowest BCUT2D eigenvalue weighted by atomic mass is 10.0. The minimum absolute atomic E-state index is 0.129. The number of nitrogens with one attached hydrogen (secondary N) is 3. The number of nitrogens with zero attached hydrogens (tertiary/aromatic N) is 2. The second-order valence-corrected chi connectivity index (χ2v) is 9.20. The van der Waals surface area contributed by atoms with Gasteiger partial charge in [0, 0.05) is 12.5 Å². The Morgan fingerprint density at radius 3 is 2.60 bits per heavy atom. The average molecular weight is 428 g/mol. The predicted octanol–water partition coefficient (Wildman–Crippen LogP) is 3.94. The molecular formula is C22H29N5O2S. The number of para-hydroxylation sites is 1. The molecule has 2 aliphatic rings. The Labute approximate surface area is 181 Å². The largest absolute Gasteiger partial charge is 0.349 e. The molecule has 0 unspecified atom stereocenters. The van der Waals surface area contributed by atoms with Gasteiger partial charge in [-0.3, -0.25) is 14.7 Å². The summed E-state index contributed by atoms with van der Waals surface area (Å²) >= 11 is 1.30. The Morgan fingerprint density at radius 1 is 1.07 bits per heavy atom. The van der Waals surface area contributed by atoms with Gasteiger partial charge in [-0.2, -0.15) is 0 Å². The van der Waals surface area contributed by atoms with Crippen LogP contribution < -0.4 is 10.6 Å². The Morgan fingerprint density at radius 2 is 1.80 bits per heavy atom. The molecule has 7 nitrogen and oxygen atoms in total. The number of hydrogen-bond acceptors (Lipinski definition) is 5. The van der Waals surface area contributed by atoms with E-state index in [4.69, 9.17) is 0 Å². The highest BCUT2D eigenvalue weighted by Gasteiger charge is 2.21. The molecule has 160 valence electrons. The number of aromatic amines is 1. The molecule has 30 heavy (non-hydrogen) atoms. The van der Waals surface area contributed by atoms with Crippen molar-refractivity contribution in [3.63, 3.8) is 0 Å². The maximum atomic E-state index is 12.6. The molecule has 2 fully saturated rings. The van der Waals surface area contributed by atoms with Crippen LogP contribution in [-0.2, 0) is 11.2 Å². The number of hydrogen-bond donors (Lipinski definition) is 3. The first-order chi connectivity index (χ1) is 14.7. The molecule has 2 aromatic rings. The average Bonchev–Trinajstić information content (AvgIpc) is 3.51. The topological polar surface area (TPSA) is 99.8 Å². The number of anilines is 1. The second-order valence-electron chi connectivity index (χ2n) is 8.26. The molecular weight excluding hydrogens is 398 g/mol. The Bertz CT molecular complexity index is 872. The third kappa shape index (κ3) is 5.62. The quantitative estimate of drug-likeness (QED) is 0.554. The van der Waals surface area contributed by atoms with Crippen molar-refractivity contribution in [3.05, 3.63) is 35.7 Å². The van der Waals surface area contributed by atoms with Crippen LogP contribution in [0.4, 0.5) is 5.69 Å². The number of benzene rings is 1. The summed E-state index contributed by atoms with van der Waals surface area (Å²) in [4.78, 5) is 29.6. The number of aromatic nitrogens is 3. The summed E-state index contributed by atoms with van der Waals surface area (Å²) in [6, 6.07) is 7.38. The van der Waals surface area contributed by atoms with Crippen molar-refractivity contribution in [1.29, 1.82) is 0 Å². The Kier molecular flexibility index (Phi) is 7.04. The third-order valence-electron chi connectivity index (χ3n) is 5.94. The van der Waals surface area contributed by atoms with E-state index >= 15 is 0 Å². The molecule has 0 radical (unpaired) electrons. The number of rotatable bonds is 8. The number of amides is 2. The maximum Gasteiger partial charge on any atom is 0.253 e. The van der Waals surface area contributed by atoms with Crippen LogP contribution in [0.3, 0.4) is 0 Å². The van der Waals surface area contributed by atoms with Gasteiger partial charge in [0.25, 0.3) is 5.91 Å². The molecule has 1 aromatic heterocycles. The zero-order chi connectivity index (χ0) is 20.8. The Hall–Kier alpha value is -2.35. The van der Waals surface area contributed by atoms with E-state index in [-0.39, 0.29) is 23.6 Å². The highest BCUT2D eigenvalue weighted by molar-refractivity contribution is 7.99. The van der Waals surface area contributed by atoms with E-state index < -0.39 is 0 Å². The first-order valence-electron chi connectivity index (χ1n) is 10.9. The van der Waals surface area contributed by atoms with E-state index in [9.17, 15) is 9.59 Å². The van der Waals surface area contributed by atoms with Gasteiger partial charge in [0.05, 0.1) is 17.0 Å². The molecule has 3 N–H and O–H groups in total. The SMILES string of the molecule is O=C(CSc1n[nH]c(CC2CCCC2)n1)Nc1ccccc1C(=O)NC1CCCC1. The van der Waals surface area contributed by atoms with Gasteiger partial charge in [-0.25, -0.2) is 4.98 Å². The van der Waals surface area contributed by atoms with Crippen molar-refractivity contribution < 1.29 is 9.59 Å². The summed E-state index contributed by atoms with van der Waals surface area (Å²) in [5.74, 6) is 1.49. The molecule has 0 atom stereocenters. The van der Waals surface area contributed by atoms with Gasteiger partial charge >= 0.3 is 0 Å². The molecule has 0 saturated heterocycles. The molecule has 2 saturated carbocycles. The van der Waals surface area contributed by atoms with Crippen LogP contribution in [0.2, 0.25) is 0 Å². The monoisotopic (exact) mass is 427 g/mol. The van der Waals surface area contributed by atoms with Gasteiger partial charge < -0.3 is 10.6 Å². The molecule has 0 aliphatic heterocycles. The number of thioether (sulfide) groups is 1. The first-order valence-corrected chi connectivity index (χ1v) is 11.9. The summed E-state index contributed by atoms with van der Waals surface area (Å²) < 4.78 is 0. The molecule has 2 amide bonds. The standard InChI is InChI=1S/C22H29N5O2S/c28-20(14-30-22-25-19(26-27-22)13-15-7-1-2-8-15)24-18-12-6-5-11-17(18)21(29)23-16-9-3-4-10-16/h5-6,11-12,15-16H,1-4,7-10,13-14H2,(H,23,29)(H,24,28)(H,25,26,27). The van der Waals surface area contributed by atoms with Gasteiger partial charge in [-0.15, -0.1) is 5.10 Å².